The van der Waals surface area contributed by atoms with Crippen molar-refractivity contribution in [1.82, 2.24) is 5.32 Å². The fourth-order valence-electron chi connectivity index (χ4n) is 1.76. The lowest BCUT2D eigenvalue weighted by Gasteiger charge is -2.20. The summed E-state index contributed by atoms with van der Waals surface area (Å²) in [6.45, 7) is 5.40. The number of hydrogen-bond acceptors (Lipinski definition) is 3. The van der Waals surface area contributed by atoms with Crippen LogP contribution in [0.15, 0.2) is 22.7 Å². The number of carboxylic acids is 1. The van der Waals surface area contributed by atoms with Gasteiger partial charge in [-0.05, 0) is 46.5 Å². The van der Waals surface area contributed by atoms with Crippen LogP contribution < -0.4 is 10.1 Å². The molecule has 0 spiro atoms. The number of carbonyl (C=O) groups is 2. The number of rotatable bonds is 7. The van der Waals surface area contributed by atoms with Gasteiger partial charge in [0.15, 0.2) is 6.61 Å². The van der Waals surface area contributed by atoms with Crippen LogP contribution in [0.5, 0.6) is 5.75 Å². The monoisotopic (exact) mass is 357 g/mol. The smallest absolute Gasteiger partial charge is 0.326 e. The van der Waals surface area contributed by atoms with Gasteiger partial charge in [0.25, 0.3) is 5.91 Å². The molecule has 0 saturated carbocycles. The van der Waals surface area contributed by atoms with Crippen LogP contribution in [-0.2, 0) is 9.59 Å². The molecule has 0 radical (unpaired) electrons. The summed E-state index contributed by atoms with van der Waals surface area (Å²) in [6.07, 6.45) is 0.668. The molecule has 21 heavy (non-hydrogen) atoms. The quantitative estimate of drug-likeness (QED) is 0.786. The fourth-order valence-corrected chi connectivity index (χ4v) is 2.37. The van der Waals surface area contributed by atoms with E-state index in [2.05, 4.69) is 21.2 Å². The van der Waals surface area contributed by atoms with Gasteiger partial charge in [-0.3, -0.25) is 4.79 Å². The molecule has 0 aliphatic heterocycles. The second kappa shape index (κ2) is 8.02. The Kier molecular flexibility index (Phi) is 6.68. The molecule has 5 nitrogen and oxygen atoms in total. The van der Waals surface area contributed by atoms with Crippen molar-refractivity contribution in [3.8, 4) is 5.75 Å². The van der Waals surface area contributed by atoms with Crippen LogP contribution in [0.25, 0.3) is 0 Å². The maximum atomic E-state index is 11.8. The highest BCUT2D eigenvalue weighted by Gasteiger charge is 2.25. The van der Waals surface area contributed by atoms with Crippen molar-refractivity contribution >= 4 is 27.8 Å². The Morgan fingerprint density at radius 1 is 1.43 bits per heavy atom. The Bertz CT molecular complexity index is 518. The predicted molar refractivity (Wildman–Crippen MR) is 83.4 cm³/mol. The molecule has 1 aromatic carbocycles. The number of nitrogens with one attached hydrogen (secondary N) is 1. The van der Waals surface area contributed by atoms with E-state index in [1.165, 1.54) is 0 Å². The molecule has 1 aromatic rings. The lowest BCUT2D eigenvalue weighted by Crippen LogP contribution is -2.46. The Balaban J connectivity index is 2.58. The maximum absolute atomic E-state index is 11.8. The van der Waals surface area contributed by atoms with Gasteiger partial charge < -0.3 is 15.2 Å². The van der Waals surface area contributed by atoms with E-state index in [1.54, 1.807) is 13.0 Å². The van der Waals surface area contributed by atoms with Crippen LogP contribution in [-0.4, -0.2) is 29.6 Å². The van der Waals surface area contributed by atoms with Gasteiger partial charge in [0.1, 0.15) is 11.8 Å². The van der Waals surface area contributed by atoms with E-state index < -0.39 is 17.9 Å². The van der Waals surface area contributed by atoms with Gasteiger partial charge in [-0.1, -0.05) is 26.3 Å². The predicted octanol–water partition coefficient (Wildman–Crippen LogP) is 2.75. The van der Waals surface area contributed by atoms with Crippen LogP contribution in [0, 0.1) is 12.8 Å². The average Bonchev–Trinajstić information content (AvgIpc) is 2.42. The van der Waals surface area contributed by atoms with Gasteiger partial charge >= 0.3 is 5.97 Å². The zero-order chi connectivity index (χ0) is 16.0. The van der Waals surface area contributed by atoms with E-state index in [9.17, 15) is 9.59 Å². The van der Waals surface area contributed by atoms with E-state index in [-0.39, 0.29) is 12.5 Å². The third-order valence-electron chi connectivity index (χ3n) is 3.24. The SMILES string of the molecule is CCC(C)[C@H](NC(=O)COc1ccc(C)cc1Br)C(=O)O. The van der Waals surface area contributed by atoms with Crippen LogP contribution in [0.1, 0.15) is 25.8 Å². The third kappa shape index (κ3) is 5.38. The Morgan fingerprint density at radius 2 is 2.10 bits per heavy atom. The van der Waals surface area contributed by atoms with Crippen molar-refractivity contribution in [3.05, 3.63) is 28.2 Å². The summed E-state index contributed by atoms with van der Waals surface area (Å²) in [5.41, 5.74) is 1.07. The molecule has 2 N–H and O–H groups in total. The molecule has 0 heterocycles. The van der Waals surface area contributed by atoms with Gasteiger partial charge in [-0.15, -0.1) is 0 Å². The molecule has 0 aliphatic carbocycles. The molecule has 0 bridgehead atoms. The molecule has 0 aliphatic rings. The summed E-state index contributed by atoms with van der Waals surface area (Å²) in [5, 5.41) is 11.6. The molecule has 0 saturated heterocycles. The summed E-state index contributed by atoms with van der Waals surface area (Å²) in [4.78, 5) is 23.0. The standard InChI is InChI=1S/C15H20BrNO4/c1-4-10(3)14(15(19)20)17-13(18)8-21-12-6-5-9(2)7-11(12)16/h5-7,10,14H,4,8H2,1-3H3,(H,17,18)(H,19,20)/t10?,14-/m0/s1. The normalized spacial score (nSPS) is 13.3. The van der Waals surface area contributed by atoms with Crippen LogP contribution >= 0.6 is 15.9 Å². The highest BCUT2D eigenvalue weighted by Crippen LogP contribution is 2.25. The van der Waals surface area contributed by atoms with Crippen LogP contribution in [0.3, 0.4) is 0 Å². The number of ether oxygens (including phenoxy) is 1. The fraction of sp³-hybridized carbons (Fsp3) is 0.467. The highest BCUT2D eigenvalue weighted by atomic mass is 79.9. The number of carboxylic acid groups (broad SMARTS) is 1. The molecule has 1 amide bonds. The maximum Gasteiger partial charge on any atom is 0.326 e. The zero-order valence-corrected chi connectivity index (χ0v) is 13.9. The summed E-state index contributed by atoms with van der Waals surface area (Å²) in [5.74, 6) is -1.08. The Labute approximate surface area is 132 Å². The first-order valence-electron chi connectivity index (χ1n) is 6.76. The van der Waals surface area contributed by atoms with Crippen molar-refractivity contribution in [3.63, 3.8) is 0 Å². The minimum atomic E-state index is -1.03. The van der Waals surface area contributed by atoms with Crippen molar-refractivity contribution in [1.29, 1.82) is 0 Å². The van der Waals surface area contributed by atoms with Crippen molar-refractivity contribution in [2.24, 2.45) is 5.92 Å². The van der Waals surface area contributed by atoms with Gasteiger partial charge in [0.2, 0.25) is 0 Å². The first kappa shape index (κ1) is 17.5. The summed E-state index contributed by atoms with van der Waals surface area (Å²) in [7, 11) is 0. The first-order chi connectivity index (χ1) is 9.85. The second-order valence-corrected chi connectivity index (χ2v) is 5.85. The number of aryl methyl sites for hydroxylation is 1. The van der Waals surface area contributed by atoms with Gasteiger partial charge in [-0.2, -0.15) is 0 Å². The number of benzene rings is 1. The van der Waals surface area contributed by atoms with Crippen LogP contribution in [0.4, 0.5) is 0 Å². The Hall–Kier alpha value is -1.56. The molecule has 1 unspecified atom stereocenters. The van der Waals surface area contributed by atoms with Gasteiger partial charge in [0, 0.05) is 0 Å². The zero-order valence-electron chi connectivity index (χ0n) is 12.4. The average molecular weight is 358 g/mol. The molecule has 0 fully saturated rings. The molecule has 2 atom stereocenters. The largest absolute Gasteiger partial charge is 0.483 e. The lowest BCUT2D eigenvalue weighted by molar-refractivity contribution is -0.143. The number of halogens is 1. The molecular formula is C15H20BrNO4. The molecule has 1 rings (SSSR count). The third-order valence-corrected chi connectivity index (χ3v) is 3.86. The molecular weight excluding hydrogens is 338 g/mol. The number of amides is 1. The topological polar surface area (TPSA) is 75.6 Å². The van der Waals surface area contributed by atoms with Crippen LogP contribution in [0.2, 0.25) is 0 Å². The summed E-state index contributed by atoms with van der Waals surface area (Å²) in [6, 6.07) is 4.62. The first-order valence-corrected chi connectivity index (χ1v) is 7.55. The minimum Gasteiger partial charge on any atom is -0.483 e. The molecule has 116 valence electrons. The van der Waals surface area contributed by atoms with E-state index in [0.29, 0.717) is 12.2 Å². The second-order valence-electron chi connectivity index (χ2n) is 4.99. The molecule has 0 aromatic heterocycles. The lowest BCUT2D eigenvalue weighted by atomic mass is 9.99. The Morgan fingerprint density at radius 3 is 2.62 bits per heavy atom. The number of hydrogen-bond donors (Lipinski definition) is 2. The van der Waals surface area contributed by atoms with Crippen molar-refractivity contribution in [2.45, 2.75) is 33.2 Å². The van der Waals surface area contributed by atoms with E-state index in [1.807, 2.05) is 26.0 Å². The number of aliphatic carboxylic acids is 1. The van der Waals surface area contributed by atoms with E-state index in [4.69, 9.17) is 9.84 Å². The van der Waals surface area contributed by atoms with E-state index >= 15 is 0 Å². The molecule has 6 heteroatoms. The summed E-state index contributed by atoms with van der Waals surface area (Å²) < 4.78 is 6.15. The van der Waals surface area contributed by atoms with Gasteiger partial charge in [0.05, 0.1) is 4.47 Å². The highest BCUT2D eigenvalue weighted by molar-refractivity contribution is 9.10. The summed E-state index contributed by atoms with van der Waals surface area (Å²) >= 11 is 3.35. The van der Waals surface area contributed by atoms with Gasteiger partial charge in [-0.25, -0.2) is 4.79 Å². The van der Waals surface area contributed by atoms with Crippen molar-refractivity contribution in [2.75, 3.05) is 6.61 Å². The van der Waals surface area contributed by atoms with Crippen molar-refractivity contribution < 1.29 is 19.4 Å². The number of carbonyl (C=O) groups excluding carboxylic acids is 1. The van der Waals surface area contributed by atoms with E-state index in [0.717, 1.165) is 10.0 Å². The minimum absolute atomic E-state index is 0.141.